The van der Waals surface area contributed by atoms with Crippen molar-refractivity contribution in [1.82, 2.24) is 0 Å². The van der Waals surface area contributed by atoms with E-state index >= 15 is 0 Å². The number of aliphatic imine (C=N–C) groups is 1. The van der Waals surface area contributed by atoms with E-state index in [9.17, 15) is 0 Å². The number of nitrogens with zero attached hydrogens (tertiary/aromatic N) is 1. The maximum Gasteiger partial charge on any atom is 0.0657 e. The highest BCUT2D eigenvalue weighted by Crippen LogP contribution is 2.49. The minimum absolute atomic E-state index is 0.823. The molecule has 4 rings (SSSR count). The predicted octanol–water partition coefficient (Wildman–Crippen LogP) is 4.36. The molecule has 0 fully saturated rings. The number of rotatable bonds is 0. The minimum atomic E-state index is 0.823. The molecule has 3 heteroatoms. The third-order valence-electron chi connectivity index (χ3n) is 3.42. The molecule has 0 aromatic heterocycles. The van der Waals surface area contributed by atoms with Crippen molar-refractivity contribution in [2.45, 2.75) is 6.42 Å². The molecule has 0 spiro atoms. The molecule has 0 unspecified atom stereocenters. The molecule has 0 atom stereocenters. The number of hydrogen-bond acceptors (Lipinski definition) is 3. The van der Waals surface area contributed by atoms with Gasteiger partial charge in [-0.05, 0) is 27.7 Å². The average Bonchev–Trinajstić information content (AvgIpc) is 2.69. The van der Waals surface area contributed by atoms with Crippen LogP contribution in [0.1, 0.15) is 6.42 Å². The van der Waals surface area contributed by atoms with Crippen molar-refractivity contribution in [3.8, 4) is 0 Å². The van der Waals surface area contributed by atoms with E-state index in [1.54, 1.807) is 11.8 Å². The summed E-state index contributed by atoms with van der Waals surface area (Å²) in [6.07, 6.45) is 12.1. The fourth-order valence-corrected chi connectivity index (χ4v) is 4.38. The average molecular weight is 269 g/mol. The second-order valence-electron chi connectivity index (χ2n) is 4.48. The van der Waals surface area contributed by atoms with E-state index in [0.29, 0.717) is 0 Å². The number of fused-ring (bicyclic) bond motifs is 3. The van der Waals surface area contributed by atoms with E-state index in [4.69, 9.17) is 0 Å². The van der Waals surface area contributed by atoms with Gasteiger partial charge in [0.15, 0.2) is 0 Å². The number of thioether (sulfide) groups is 2. The van der Waals surface area contributed by atoms with Gasteiger partial charge in [-0.25, -0.2) is 0 Å². The van der Waals surface area contributed by atoms with Gasteiger partial charge in [-0.3, -0.25) is 4.99 Å². The molecule has 2 heterocycles. The topological polar surface area (TPSA) is 12.4 Å². The highest BCUT2D eigenvalue weighted by atomic mass is 32.2. The first-order valence-electron chi connectivity index (χ1n) is 5.96. The third-order valence-corrected chi connectivity index (χ3v) is 5.43. The van der Waals surface area contributed by atoms with E-state index in [1.165, 1.54) is 32.1 Å². The Labute approximate surface area is 115 Å². The van der Waals surface area contributed by atoms with Crippen molar-refractivity contribution in [2.24, 2.45) is 4.99 Å². The molecule has 88 valence electrons. The van der Waals surface area contributed by atoms with Gasteiger partial charge in [-0.1, -0.05) is 53.9 Å². The van der Waals surface area contributed by atoms with Gasteiger partial charge in [0.05, 0.1) is 12.1 Å². The summed E-state index contributed by atoms with van der Waals surface area (Å²) in [5.41, 5.74) is 7.72. The Morgan fingerprint density at radius 2 is 1.94 bits per heavy atom. The maximum atomic E-state index is 4.36. The Hall–Kier alpha value is -1.19. The van der Waals surface area contributed by atoms with Crippen molar-refractivity contribution in [1.29, 1.82) is 0 Å². The largest absolute Gasteiger partial charge is 0.281 e. The van der Waals surface area contributed by atoms with Crippen LogP contribution < -0.4 is 0 Å². The van der Waals surface area contributed by atoms with Gasteiger partial charge < -0.3 is 0 Å². The van der Waals surface area contributed by atoms with Gasteiger partial charge in [0, 0.05) is 16.2 Å². The second kappa shape index (κ2) is 4.18. The van der Waals surface area contributed by atoms with Gasteiger partial charge >= 0.3 is 0 Å². The van der Waals surface area contributed by atoms with Crippen LogP contribution in [0.15, 0.2) is 72.9 Å². The van der Waals surface area contributed by atoms with Crippen molar-refractivity contribution in [2.75, 3.05) is 6.54 Å². The highest BCUT2D eigenvalue weighted by Gasteiger charge is 2.28. The summed E-state index contributed by atoms with van der Waals surface area (Å²) >= 11 is 3.62. The van der Waals surface area contributed by atoms with E-state index in [2.05, 4.69) is 40.8 Å². The molecular formula is C15H11NS2. The lowest BCUT2D eigenvalue weighted by atomic mass is 10.1. The lowest BCUT2D eigenvalue weighted by Gasteiger charge is -2.14. The molecule has 4 aliphatic rings. The summed E-state index contributed by atoms with van der Waals surface area (Å²) in [4.78, 5) is 7.22. The normalized spacial score (nSPS) is 24.4. The summed E-state index contributed by atoms with van der Waals surface area (Å²) in [6.45, 7) is 0.823. The molecule has 1 nitrogen and oxygen atoms in total. The lowest BCUT2D eigenvalue weighted by molar-refractivity contribution is 1.15. The molecule has 0 radical (unpaired) electrons. The van der Waals surface area contributed by atoms with E-state index in [1.807, 2.05) is 17.3 Å². The molecule has 0 saturated carbocycles. The number of allylic oxidation sites excluding steroid dienone is 8. The molecule has 0 amide bonds. The first-order chi connectivity index (χ1) is 8.93. The quantitative estimate of drug-likeness (QED) is 0.648. The third kappa shape index (κ3) is 1.54. The smallest absolute Gasteiger partial charge is 0.0657 e. The van der Waals surface area contributed by atoms with Crippen molar-refractivity contribution in [3.63, 3.8) is 0 Å². The molecule has 0 saturated heterocycles. The van der Waals surface area contributed by atoms with Crippen LogP contribution in [0.3, 0.4) is 0 Å². The summed E-state index contributed by atoms with van der Waals surface area (Å²) in [5, 5.41) is 2.17. The summed E-state index contributed by atoms with van der Waals surface area (Å²) in [5.74, 6) is 0. The van der Waals surface area contributed by atoms with Gasteiger partial charge in [0.1, 0.15) is 0 Å². The zero-order chi connectivity index (χ0) is 11.9. The summed E-state index contributed by atoms with van der Waals surface area (Å²) in [7, 11) is 0. The Morgan fingerprint density at radius 3 is 2.94 bits per heavy atom. The van der Waals surface area contributed by atoms with Crippen LogP contribution in [-0.2, 0) is 0 Å². The molecule has 0 N–H and O–H groups in total. The molecule has 0 aromatic rings. The van der Waals surface area contributed by atoms with Crippen LogP contribution in [0.25, 0.3) is 0 Å². The first kappa shape index (κ1) is 10.7. The predicted molar refractivity (Wildman–Crippen MR) is 81.7 cm³/mol. The zero-order valence-corrected chi connectivity index (χ0v) is 11.4. The van der Waals surface area contributed by atoms with Crippen molar-refractivity contribution >= 4 is 29.1 Å². The molecule has 2 aliphatic heterocycles. The maximum absolute atomic E-state index is 4.36. The van der Waals surface area contributed by atoms with Crippen LogP contribution in [-0.4, -0.2) is 12.1 Å². The van der Waals surface area contributed by atoms with E-state index < -0.39 is 0 Å². The van der Waals surface area contributed by atoms with Crippen LogP contribution >= 0.6 is 23.5 Å². The standard InChI is InChI=1S/C15H11NS2/c1-3-11-8-16-9-18-15(11)13-7-10-4-2-6-17-14(10)12(13)5-1/h1-6,9H,7-8H2. The van der Waals surface area contributed by atoms with Gasteiger partial charge in [0.2, 0.25) is 0 Å². The van der Waals surface area contributed by atoms with E-state index in [-0.39, 0.29) is 0 Å². The lowest BCUT2D eigenvalue weighted by Crippen LogP contribution is -1.99. The number of hydrogen-bond donors (Lipinski definition) is 0. The van der Waals surface area contributed by atoms with Gasteiger partial charge in [-0.2, -0.15) is 0 Å². The minimum Gasteiger partial charge on any atom is -0.281 e. The van der Waals surface area contributed by atoms with Gasteiger partial charge in [-0.15, -0.1) is 0 Å². The Morgan fingerprint density at radius 1 is 1.00 bits per heavy atom. The highest BCUT2D eigenvalue weighted by molar-refractivity contribution is 8.15. The summed E-state index contributed by atoms with van der Waals surface area (Å²) < 4.78 is 0. The fourth-order valence-electron chi connectivity index (χ4n) is 2.62. The van der Waals surface area contributed by atoms with Crippen molar-refractivity contribution < 1.29 is 0 Å². The van der Waals surface area contributed by atoms with Gasteiger partial charge in [0.25, 0.3) is 0 Å². The van der Waals surface area contributed by atoms with Crippen LogP contribution in [0.2, 0.25) is 0 Å². The monoisotopic (exact) mass is 269 g/mol. The summed E-state index contributed by atoms with van der Waals surface area (Å²) in [6, 6.07) is 0. The molecule has 2 aliphatic carbocycles. The van der Waals surface area contributed by atoms with Crippen LogP contribution in [0, 0.1) is 0 Å². The second-order valence-corrected chi connectivity index (χ2v) is 6.25. The Bertz CT molecular complexity index is 639. The van der Waals surface area contributed by atoms with Crippen molar-refractivity contribution in [3.05, 3.63) is 67.9 Å². The first-order valence-corrected chi connectivity index (χ1v) is 7.72. The zero-order valence-electron chi connectivity index (χ0n) is 9.72. The van der Waals surface area contributed by atoms with Crippen LogP contribution in [0.4, 0.5) is 0 Å². The SMILES string of the molecule is C1=CSC2=C3C=CC=C4CN=CSC4=C3CC2=C1. The Kier molecular flexibility index (Phi) is 2.49. The Balaban J connectivity index is 1.94. The molecule has 0 bridgehead atoms. The molecule has 18 heavy (non-hydrogen) atoms. The van der Waals surface area contributed by atoms with E-state index in [0.717, 1.165) is 13.0 Å². The van der Waals surface area contributed by atoms with Crippen LogP contribution in [0.5, 0.6) is 0 Å². The fraction of sp³-hybridized carbons (Fsp3) is 0.133. The molecule has 0 aromatic carbocycles. The molecular weight excluding hydrogens is 258 g/mol.